The molecule has 0 spiro atoms. The van der Waals surface area contributed by atoms with Crippen LogP contribution >= 0.6 is 0 Å². The zero-order valence-electron chi connectivity index (χ0n) is 24.0. The van der Waals surface area contributed by atoms with Gasteiger partial charge in [-0.05, 0) is 105 Å². The Morgan fingerprint density at radius 3 is 2.66 bits per heavy atom. The number of anilines is 1. The number of carbonyl (C=O) groups is 1. The molecule has 1 aromatic heterocycles. The quantitative estimate of drug-likeness (QED) is 0.521. The van der Waals surface area contributed by atoms with Gasteiger partial charge in [-0.25, -0.2) is 0 Å². The smallest absolute Gasteiger partial charge is 0.324 e. The van der Waals surface area contributed by atoms with Crippen molar-refractivity contribution in [2.45, 2.75) is 98.0 Å². The summed E-state index contributed by atoms with van der Waals surface area (Å²) in [7, 11) is 0. The maximum absolute atomic E-state index is 13.1. The van der Waals surface area contributed by atoms with E-state index in [2.05, 4.69) is 41.9 Å². The molecule has 7 nitrogen and oxygen atoms in total. The van der Waals surface area contributed by atoms with Crippen molar-refractivity contribution in [2.75, 3.05) is 31.1 Å². The van der Waals surface area contributed by atoms with Gasteiger partial charge in [0.15, 0.2) is 5.82 Å². The van der Waals surface area contributed by atoms with E-state index in [1.165, 1.54) is 32.1 Å². The summed E-state index contributed by atoms with van der Waals surface area (Å²) in [5, 5.41) is 14.2. The summed E-state index contributed by atoms with van der Waals surface area (Å²) in [5.74, 6) is 4.67. The molecule has 0 bridgehead atoms. The van der Waals surface area contributed by atoms with Crippen LogP contribution in [-0.4, -0.2) is 58.3 Å². The maximum atomic E-state index is 13.1. The monoisotopic (exact) mass is 524 g/mol. The molecule has 0 aromatic carbocycles. The fraction of sp³-hybridized carbons (Fsp3) is 0.839. The number of amides is 1. The molecule has 5 aliphatic rings. The molecule has 8 atom stereocenters. The number of aliphatic hydroxyl groups excluding tert-OH is 1. The van der Waals surface area contributed by atoms with Crippen LogP contribution in [0.3, 0.4) is 0 Å². The van der Waals surface area contributed by atoms with E-state index in [1.807, 2.05) is 11.8 Å². The number of aliphatic hydroxyl groups is 1. The molecule has 7 heteroatoms. The lowest BCUT2D eigenvalue weighted by Crippen LogP contribution is -2.51. The molecule has 38 heavy (non-hydrogen) atoms. The minimum Gasteiger partial charge on any atom is -0.393 e. The number of allylic oxidation sites excluding steroid dienone is 1. The topological polar surface area (TPSA) is 82.7 Å². The minimum atomic E-state index is -0.127. The van der Waals surface area contributed by atoms with Crippen LogP contribution in [0.4, 0.5) is 6.01 Å². The van der Waals surface area contributed by atoms with Crippen molar-refractivity contribution in [1.29, 1.82) is 0 Å². The van der Waals surface area contributed by atoms with Crippen LogP contribution < -0.4 is 4.90 Å². The Labute approximate surface area is 228 Å². The van der Waals surface area contributed by atoms with E-state index in [9.17, 15) is 9.90 Å². The van der Waals surface area contributed by atoms with E-state index in [0.717, 1.165) is 75.5 Å². The van der Waals surface area contributed by atoms with Gasteiger partial charge >= 0.3 is 6.01 Å². The first-order valence-corrected chi connectivity index (χ1v) is 15.4. The number of nitrogens with zero attached hydrogens (tertiary/aromatic N) is 4. The van der Waals surface area contributed by atoms with Gasteiger partial charge in [0.2, 0.25) is 5.91 Å². The SMILES string of the molecule is Cc1noc(N2CCN(C(=O)CC[C@@H](C)[C@H]3CC[C@H]4[C@@H]5CC=C6C[C@@H](O)CC[C@]6(C)[C@H]5CC[C@]34C)CC2)n1. The summed E-state index contributed by atoms with van der Waals surface area (Å²) in [4.78, 5) is 21.6. The fourth-order valence-corrected chi connectivity index (χ4v) is 9.89. The molecule has 210 valence electrons. The lowest BCUT2D eigenvalue weighted by Gasteiger charge is -2.58. The molecule has 0 radical (unpaired) electrons. The summed E-state index contributed by atoms with van der Waals surface area (Å²) >= 11 is 0. The van der Waals surface area contributed by atoms with Gasteiger partial charge in [-0.2, -0.15) is 4.98 Å². The first kappa shape index (κ1) is 26.3. The highest BCUT2D eigenvalue weighted by Crippen LogP contribution is 2.67. The van der Waals surface area contributed by atoms with Crippen LogP contribution in [0.5, 0.6) is 0 Å². The van der Waals surface area contributed by atoms with E-state index < -0.39 is 0 Å². The number of hydrogen-bond acceptors (Lipinski definition) is 6. The molecule has 2 heterocycles. The van der Waals surface area contributed by atoms with Crippen molar-refractivity contribution in [1.82, 2.24) is 15.0 Å². The second kappa shape index (κ2) is 9.94. The van der Waals surface area contributed by atoms with Gasteiger partial charge in [0.25, 0.3) is 0 Å². The predicted octanol–water partition coefficient (Wildman–Crippen LogP) is 5.38. The molecular formula is C31H48N4O3. The van der Waals surface area contributed by atoms with Crippen molar-refractivity contribution < 1.29 is 14.4 Å². The predicted molar refractivity (Wildman–Crippen MR) is 147 cm³/mol. The summed E-state index contributed by atoms with van der Waals surface area (Å²) in [6.07, 6.45) is 13.7. The third-order valence-electron chi connectivity index (χ3n) is 12.1. The van der Waals surface area contributed by atoms with Crippen molar-refractivity contribution in [3.05, 3.63) is 17.5 Å². The van der Waals surface area contributed by atoms with Gasteiger partial charge < -0.3 is 19.4 Å². The Morgan fingerprint density at radius 2 is 1.92 bits per heavy atom. The number of aryl methyl sites for hydroxylation is 1. The van der Waals surface area contributed by atoms with Crippen LogP contribution in [0.15, 0.2) is 16.2 Å². The van der Waals surface area contributed by atoms with Gasteiger partial charge in [0.05, 0.1) is 6.10 Å². The Balaban J connectivity index is 1.04. The Morgan fingerprint density at radius 1 is 1.13 bits per heavy atom. The van der Waals surface area contributed by atoms with Crippen molar-refractivity contribution >= 4 is 11.9 Å². The lowest BCUT2D eigenvalue weighted by atomic mass is 9.47. The molecule has 1 saturated heterocycles. The van der Waals surface area contributed by atoms with Gasteiger partial charge in [0, 0.05) is 32.6 Å². The molecular weight excluding hydrogens is 476 g/mol. The van der Waals surface area contributed by atoms with E-state index >= 15 is 0 Å². The standard InChI is InChI=1S/C31H48N4O3/c1-20(5-10-28(37)34-15-17-35(18-16-34)29-32-21(2)33-38-29)25-8-9-26-24-7-6-22-19-23(36)11-13-30(22,3)27(24)12-14-31(25,26)4/h6,20,23-27,36H,5,7-19H2,1-4H3/t20-,23+,24+,25-,26+,27+,30+,31-/m1/s1. The summed E-state index contributed by atoms with van der Waals surface area (Å²) in [6, 6.07) is 0.571. The Bertz CT molecular complexity index is 1060. The van der Waals surface area contributed by atoms with E-state index in [-0.39, 0.29) is 6.10 Å². The highest BCUT2D eigenvalue weighted by molar-refractivity contribution is 5.76. The molecule has 1 amide bonds. The van der Waals surface area contributed by atoms with E-state index in [4.69, 9.17) is 4.52 Å². The number of rotatable bonds is 5. The highest BCUT2D eigenvalue weighted by atomic mass is 16.5. The molecule has 1 aromatic rings. The van der Waals surface area contributed by atoms with Gasteiger partial charge in [0.1, 0.15) is 0 Å². The summed E-state index contributed by atoms with van der Waals surface area (Å²) in [6.45, 7) is 12.3. The molecule has 4 aliphatic carbocycles. The summed E-state index contributed by atoms with van der Waals surface area (Å²) < 4.78 is 5.31. The average Bonchev–Trinajstić information content (AvgIpc) is 3.50. The van der Waals surface area contributed by atoms with Gasteiger partial charge in [-0.1, -0.05) is 37.6 Å². The second-order valence-electron chi connectivity index (χ2n) is 13.9. The average molecular weight is 525 g/mol. The van der Waals surface area contributed by atoms with Crippen molar-refractivity contribution in [3.63, 3.8) is 0 Å². The highest BCUT2D eigenvalue weighted by Gasteiger charge is 2.59. The molecule has 3 saturated carbocycles. The van der Waals surface area contributed by atoms with Gasteiger partial charge in [-0.3, -0.25) is 4.79 Å². The number of hydrogen-bond donors (Lipinski definition) is 1. The number of fused-ring (bicyclic) bond motifs is 5. The molecule has 1 aliphatic heterocycles. The second-order valence-corrected chi connectivity index (χ2v) is 13.9. The maximum Gasteiger partial charge on any atom is 0.324 e. The first-order chi connectivity index (χ1) is 18.2. The van der Waals surface area contributed by atoms with Crippen LogP contribution in [0.1, 0.15) is 90.8 Å². The van der Waals surface area contributed by atoms with Crippen LogP contribution in [0, 0.1) is 47.3 Å². The van der Waals surface area contributed by atoms with Crippen LogP contribution in [-0.2, 0) is 4.79 Å². The molecule has 4 fully saturated rings. The van der Waals surface area contributed by atoms with Crippen LogP contribution in [0.25, 0.3) is 0 Å². The fourth-order valence-electron chi connectivity index (χ4n) is 9.89. The van der Waals surface area contributed by atoms with Crippen molar-refractivity contribution in [3.8, 4) is 0 Å². The number of piperazine rings is 1. The zero-order valence-corrected chi connectivity index (χ0v) is 24.0. The van der Waals surface area contributed by atoms with Crippen molar-refractivity contribution in [2.24, 2.45) is 40.4 Å². The largest absolute Gasteiger partial charge is 0.393 e. The molecule has 6 rings (SSSR count). The minimum absolute atomic E-state index is 0.127. The van der Waals surface area contributed by atoms with E-state index in [0.29, 0.717) is 40.9 Å². The van der Waals surface area contributed by atoms with Gasteiger partial charge in [-0.15, -0.1) is 0 Å². The normalized spacial score (nSPS) is 39.7. The first-order valence-electron chi connectivity index (χ1n) is 15.4. The third-order valence-corrected chi connectivity index (χ3v) is 12.1. The third kappa shape index (κ3) is 4.41. The van der Waals surface area contributed by atoms with Crippen LogP contribution in [0.2, 0.25) is 0 Å². The zero-order chi connectivity index (χ0) is 26.7. The number of aromatic nitrogens is 2. The lowest BCUT2D eigenvalue weighted by molar-refractivity contribution is -0.132. The van der Waals surface area contributed by atoms with E-state index in [1.54, 1.807) is 5.57 Å². The Kier molecular flexibility index (Phi) is 6.89. The summed E-state index contributed by atoms with van der Waals surface area (Å²) in [5.41, 5.74) is 2.29. The molecule has 0 unspecified atom stereocenters. The number of carbonyl (C=O) groups excluding carboxylic acids is 1. The Hall–Kier alpha value is -1.89. The molecule has 1 N–H and O–H groups in total.